The third-order valence-electron chi connectivity index (χ3n) is 3.66. The topological polar surface area (TPSA) is 85.9 Å². The van der Waals surface area contributed by atoms with Crippen molar-refractivity contribution in [1.82, 2.24) is 10.9 Å². The van der Waals surface area contributed by atoms with Crippen LogP contribution in [0.2, 0.25) is 0 Å². The molecule has 0 heterocycles. The van der Waals surface area contributed by atoms with Crippen LogP contribution in [0.1, 0.15) is 11.1 Å². The van der Waals surface area contributed by atoms with Crippen LogP contribution in [-0.2, 0) is 9.59 Å². The van der Waals surface area contributed by atoms with Crippen molar-refractivity contribution < 1.29 is 23.8 Å². The molecule has 0 aliphatic rings. The number of aryl methyl sites for hydroxylation is 1. The molecule has 0 aromatic heterocycles. The quantitative estimate of drug-likeness (QED) is 0.502. The summed E-state index contributed by atoms with van der Waals surface area (Å²) in [5.74, 6) is 0.752. The third kappa shape index (κ3) is 6.31. The van der Waals surface area contributed by atoms with Crippen LogP contribution in [0.3, 0.4) is 0 Å². The largest absolute Gasteiger partial charge is 0.493 e. The third-order valence-corrected chi connectivity index (χ3v) is 4.55. The number of ether oxygens (including phenoxy) is 3. The second kappa shape index (κ2) is 10.4. The molecule has 2 N–H and O–H groups in total. The summed E-state index contributed by atoms with van der Waals surface area (Å²) < 4.78 is 16.7. The summed E-state index contributed by atoms with van der Waals surface area (Å²) in [6.45, 7) is 1.70. The van der Waals surface area contributed by atoms with E-state index in [-0.39, 0.29) is 6.61 Å². The summed E-state index contributed by atoms with van der Waals surface area (Å²) in [5.41, 5.74) is 6.31. The van der Waals surface area contributed by atoms with Crippen LogP contribution in [-0.4, -0.2) is 32.6 Å². The molecule has 2 amide bonds. The fraction of sp³-hybridized carbons (Fsp3) is 0.200. The van der Waals surface area contributed by atoms with Gasteiger partial charge in [0.2, 0.25) is 0 Å². The van der Waals surface area contributed by atoms with E-state index in [9.17, 15) is 9.59 Å². The van der Waals surface area contributed by atoms with Gasteiger partial charge in [0.1, 0.15) is 5.75 Å². The minimum Gasteiger partial charge on any atom is -0.493 e. The number of amides is 2. The highest BCUT2D eigenvalue weighted by atomic mass is 79.9. The lowest BCUT2D eigenvalue weighted by Crippen LogP contribution is -2.43. The smallest absolute Gasteiger partial charge is 0.276 e. The molecule has 0 spiro atoms. The summed E-state index contributed by atoms with van der Waals surface area (Å²) in [4.78, 5) is 23.6. The molecule has 28 heavy (non-hydrogen) atoms. The van der Waals surface area contributed by atoms with Gasteiger partial charge in [0.15, 0.2) is 18.1 Å². The Bertz CT molecular complexity index is 883. The fourth-order valence-electron chi connectivity index (χ4n) is 2.19. The van der Waals surface area contributed by atoms with Gasteiger partial charge < -0.3 is 14.2 Å². The molecule has 2 aromatic carbocycles. The van der Waals surface area contributed by atoms with E-state index in [2.05, 4.69) is 26.8 Å². The van der Waals surface area contributed by atoms with Crippen LogP contribution < -0.4 is 25.1 Å². The van der Waals surface area contributed by atoms with Crippen LogP contribution >= 0.6 is 15.9 Å². The molecule has 148 valence electrons. The lowest BCUT2D eigenvalue weighted by atomic mass is 10.2. The van der Waals surface area contributed by atoms with Crippen LogP contribution in [0.5, 0.6) is 17.2 Å². The SMILES string of the molecule is COc1ccc(/C=C/C(=O)NNC(=O)COc2ccc(Br)c(C)c2)cc1OC. The van der Waals surface area contributed by atoms with E-state index in [1.165, 1.54) is 13.2 Å². The number of nitrogens with one attached hydrogen (secondary N) is 2. The Kier molecular flexibility index (Phi) is 7.88. The monoisotopic (exact) mass is 448 g/mol. The summed E-state index contributed by atoms with van der Waals surface area (Å²) in [5, 5.41) is 0. The van der Waals surface area contributed by atoms with E-state index in [1.54, 1.807) is 37.5 Å². The summed E-state index contributed by atoms with van der Waals surface area (Å²) in [6, 6.07) is 10.6. The Hall–Kier alpha value is -3.00. The molecule has 8 heteroatoms. The second-order valence-corrected chi connectivity index (χ2v) is 6.54. The van der Waals surface area contributed by atoms with Crippen molar-refractivity contribution in [2.24, 2.45) is 0 Å². The Balaban J connectivity index is 1.80. The molecule has 0 aliphatic heterocycles. The average Bonchev–Trinajstić information content (AvgIpc) is 2.71. The summed E-state index contributed by atoms with van der Waals surface area (Å²) >= 11 is 3.39. The lowest BCUT2D eigenvalue weighted by molar-refractivity contribution is -0.128. The molecule has 2 aromatic rings. The van der Waals surface area contributed by atoms with Crippen molar-refractivity contribution in [3.63, 3.8) is 0 Å². The molecular formula is C20H21BrN2O5. The van der Waals surface area contributed by atoms with Gasteiger partial charge in [-0.05, 0) is 54.5 Å². The number of hydrogen-bond donors (Lipinski definition) is 2. The highest BCUT2D eigenvalue weighted by molar-refractivity contribution is 9.10. The fourth-order valence-corrected chi connectivity index (χ4v) is 2.44. The first-order chi connectivity index (χ1) is 13.4. The van der Waals surface area contributed by atoms with E-state index in [4.69, 9.17) is 14.2 Å². The van der Waals surface area contributed by atoms with Gasteiger partial charge in [0, 0.05) is 10.5 Å². The van der Waals surface area contributed by atoms with Crippen molar-refractivity contribution in [2.75, 3.05) is 20.8 Å². The predicted molar refractivity (Wildman–Crippen MR) is 109 cm³/mol. The van der Waals surface area contributed by atoms with Gasteiger partial charge in [-0.3, -0.25) is 20.4 Å². The van der Waals surface area contributed by atoms with E-state index in [1.807, 2.05) is 19.1 Å². The van der Waals surface area contributed by atoms with Crippen LogP contribution in [0.4, 0.5) is 0 Å². The predicted octanol–water partition coefficient (Wildman–Crippen LogP) is 3.01. The van der Waals surface area contributed by atoms with Crippen molar-refractivity contribution in [2.45, 2.75) is 6.92 Å². The summed E-state index contributed by atoms with van der Waals surface area (Å²) in [7, 11) is 3.08. The van der Waals surface area contributed by atoms with Crippen LogP contribution in [0, 0.1) is 6.92 Å². The molecule has 0 atom stereocenters. The molecular weight excluding hydrogens is 428 g/mol. The van der Waals surface area contributed by atoms with Gasteiger partial charge in [-0.15, -0.1) is 0 Å². The molecule has 0 fully saturated rings. The first-order valence-corrected chi connectivity index (χ1v) is 9.10. The molecule has 0 bridgehead atoms. The van der Waals surface area contributed by atoms with E-state index in [0.717, 1.165) is 15.6 Å². The number of halogens is 1. The second-order valence-electron chi connectivity index (χ2n) is 5.68. The van der Waals surface area contributed by atoms with Gasteiger partial charge >= 0.3 is 0 Å². The average molecular weight is 449 g/mol. The van der Waals surface area contributed by atoms with Gasteiger partial charge in [0.25, 0.3) is 11.8 Å². The molecule has 0 unspecified atom stereocenters. The van der Waals surface area contributed by atoms with Crippen LogP contribution in [0.25, 0.3) is 6.08 Å². The molecule has 0 radical (unpaired) electrons. The Morgan fingerprint density at radius 2 is 1.79 bits per heavy atom. The first-order valence-electron chi connectivity index (χ1n) is 8.31. The minimum atomic E-state index is -0.484. The Morgan fingerprint density at radius 1 is 1.04 bits per heavy atom. The number of benzene rings is 2. The van der Waals surface area contributed by atoms with E-state index in [0.29, 0.717) is 17.2 Å². The molecule has 0 saturated heterocycles. The van der Waals surface area contributed by atoms with Crippen molar-refractivity contribution >= 4 is 33.8 Å². The highest BCUT2D eigenvalue weighted by Crippen LogP contribution is 2.27. The zero-order valence-corrected chi connectivity index (χ0v) is 17.3. The molecule has 7 nitrogen and oxygen atoms in total. The zero-order valence-electron chi connectivity index (χ0n) is 15.7. The maximum absolute atomic E-state index is 11.8. The number of hydrogen-bond acceptors (Lipinski definition) is 5. The lowest BCUT2D eigenvalue weighted by Gasteiger charge is -2.09. The van der Waals surface area contributed by atoms with Gasteiger partial charge in [-0.25, -0.2) is 0 Å². The van der Waals surface area contributed by atoms with E-state index < -0.39 is 11.8 Å². The van der Waals surface area contributed by atoms with Gasteiger partial charge in [-0.1, -0.05) is 22.0 Å². The number of hydrazine groups is 1. The van der Waals surface area contributed by atoms with Crippen LogP contribution in [0.15, 0.2) is 46.9 Å². The van der Waals surface area contributed by atoms with Crippen molar-refractivity contribution in [1.29, 1.82) is 0 Å². The number of methoxy groups -OCH3 is 2. The summed E-state index contributed by atoms with van der Waals surface area (Å²) in [6.07, 6.45) is 2.88. The molecule has 0 aliphatic carbocycles. The standard InChI is InChI=1S/C20H21BrN2O5/c1-13-10-15(6-7-16(13)21)28-12-20(25)23-22-19(24)9-5-14-4-8-17(26-2)18(11-14)27-3/h4-11H,12H2,1-3H3,(H,22,24)(H,23,25)/b9-5+. The normalized spacial score (nSPS) is 10.4. The van der Waals surface area contributed by atoms with Gasteiger partial charge in [0.05, 0.1) is 14.2 Å². The Morgan fingerprint density at radius 3 is 2.46 bits per heavy atom. The maximum atomic E-state index is 11.8. The van der Waals surface area contributed by atoms with Crippen molar-refractivity contribution in [3.8, 4) is 17.2 Å². The molecule has 0 saturated carbocycles. The first kappa shape index (κ1) is 21.3. The highest BCUT2D eigenvalue weighted by Gasteiger charge is 2.06. The Labute approximate surface area is 171 Å². The maximum Gasteiger partial charge on any atom is 0.276 e. The van der Waals surface area contributed by atoms with Gasteiger partial charge in [-0.2, -0.15) is 0 Å². The van der Waals surface area contributed by atoms with E-state index >= 15 is 0 Å². The molecule has 2 rings (SSSR count). The minimum absolute atomic E-state index is 0.221. The number of carbonyl (C=O) groups is 2. The number of rotatable bonds is 7. The van der Waals surface area contributed by atoms with Crippen molar-refractivity contribution in [3.05, 3.63) is 58.1 Å². The number of carbonyl (C=O) groups excluding carboxylic acids is 2. The zero-order chi connectivity index (χ0) is 20.5.